The number of nitrogens with one attached hydrogen (secondary N) is 1. The highest BCUT2D eigenvalue weighted by Gasteiger charge is 2.55. The van der Waals surface area contributed by atoms with Crippen LogP contribution in [0.4, 0.5) is 11.7 Å². The topological polar surface area (TPSA) is 71.3 Å². The van der Waals surface area contributed by atoms with Gasteiger partial charge in [-0.25, -0.2) is 0 Å². The number of fused-ring (bicyclic) bond motifs is 1. The van der Waals surface area contributed by atoms with E-state index in [2.05, 4.69) is 5.32 Å². The van der Waals surface area contributed by atoms with E-state index in [0.717, 1.165) is 35.9 Å². The number of carbonyl (C=O) groups excluding carboxylic acids is 1. The van der Waals surface area contributed by atoms with Crippen LogP contribution in [0.2, 0.25) is 0 Å². The van der Waals surface area contributed by atoms with Crippen LogP contribution in [0, 0.1) is 11.3 Å². The van der Waals surface area contributed by atoms with Gasteiger partial charge in [-0.05, 0) is 60.9 Å². The molecule has 1 heterocycles. The largest absolute Gasteiger partial charge is 0.481 e. The second kappa shape index (κ2) is 7.83. The van der Waals surface area contributed by atoms with Crippen molar-refractivity contribution in [3.05, 3.63) is 65.9 Å². The maximum Gasteiger partial charge on any atom is 0.306 e. The number of carboxylic acid groups (broad SMARTS) is 1. The van der Waals surface area contributed by atoms with Gasteiger partial charge in [0.05, 0.1) is 21.9 Å². The lowest BCUT2D eigenvalue weighted by Gasteiger charge is -2.56. The van der Waals surface area contributed by atoms with E-state index in [4.69, 9.17) is 5.11 Å². The molecule has 0 atom stereocenters. The fraction of sp³-hybridized carbons (Fsp3) is 0.333. The SMILES string of the molecule is O=C(NC1CC2(C1)CC(C(=O)O)C2)c1cccc2ccn(Cc3ccc(S(F)(F)F)cc3)c12. The number of hydrogen-bond donors (Lipinski definition) is 2. The highest BCUT2D eigenvalue weighted by Crippen LogP contribution is 2.60. The first kappa shape index (κ1) is 21.9. The van der Waals surface area contributed by atoms with Gasteiger partial charge in [0.25, 0.3) is 5.91 Å². The van der Waals surface area contributed by atoms with Crippen LogP contribution in [0.3, 0.4) is 0 Å². The number of nitrogens with zero attached hydrogens (tertiary/aromatic N) is 1. The predicted octanol–water partition coefficient (Wildman–Crippen LogP) is 5.88. The summed E-state index contributed by atoms with van der Waals surface area (Å²) in [5, 5.41) is 13.0. The first-order valence-electron chi connectivity index (χ1n) is 10.8. The summed E-state index contributed by atoms with van der Waals surface area (Å²) >= 11 is -5.25. The molecule has 2 aliphatic carbocycles. The van der Waals surface area contributed by atoms with E-state index < -0.39 is 22.1 Å². The number of amides is 1. The van der Waals surface area contributed by atoms with E-state index in [0.29, 0.717) is 30.5 Å². The average molecular weight is 477 g/mol. The van der Waals surface area contributed by atoms with E-state index in [1.165, 1.54) is 12.1 Å². The number of hydrogen-bond acceptors (Lipinski definition) is 2. The van der Waals surface area contributed by atoms with E-state index in [9.17, 15) is 21.2 Å². The molecule has 0 bridgehead atoms. The molecule has 2 aliphatic rings. The monoisotopic (exact) mass is 476 g/mol. The Morgan fingerprint density at radius 3 is 2.36 bits per heavy atom. The summed E-state index contributed by atoms with van der Waals surface area (Å²) in [7, 11) is 0. The van der Waals surface area contributed by atoms with Crippen LogP contribution >= 0.6 is 11.2 Å². The third-order valence-corrected chi connectivity index (χ3v) is 7.79. The van der Waals surface area contributed by atoms with Crippen LogP contribution in [-0.4, -0.2) is 27.6 Å². The van der Waals surface area contributed by atoms with Gasteiger partial charge in [-0.3, -0.25) is 9.59 Å². The Kier molecular flexibility index (Phi) is 5.19. The second-order valence-electron chi connectivity index (χ2n) is 9.26. The Labute approximate surface area is 190 Å². The number of benzene rings is 2. The lowest BCUT2D eigenvalue weighted by atomic mass is 9.50. The molecule has 33 heavy (non-hydrogen) atoms. The number of aliphatic carboxylic acids is 1. The van der Waals surface area contributed by atoms with Crippen molar-refractivity contribution in [3.8, 4) is 0 Å². The molecule has 0 aliphatic heterocycles. The molecule has 2 saturated carbocycles. The first-order valence-corrected chi connectivity index (χ1v) is 12.1. The van der Waals surface area contributed by atoms with Gasteiger partial charge in [0.2, 0.25) is 11.2 Å². The number of rotatable bonds is 6. The van der Waals surface area contributed by atoms with Crippen LogP contribution < -0.4 is 5.32 Å². The summed E-state index contributed by atoms with van der Waals surface area (Å²) in [6.45, 7) is 0.352. The Morgan fingerprint density at radius 2 is 1.73 bits per heavy atom. The van der Waals surface area contributed by atoms with Gasteiger partial charge in [0.1, 0.15) is 0 Å². The molecule has 1 amide bonds. The normalized spacial score (nSPS) is 24.8. The molecule has 2 aromatic carbocycles. The molecular weight excluding hydrogens is 453 g/mol. The highest BCUT2D eigenvalue weighted by atomic mass is 32.3. The molecule has 2 fully saturated rings. The van der Waals surface area contributed by atoms with E-state index >= 15 is 0 Å². The summed E-state index contributed by atoms with van der Waals surface area (Å²) in [6, 6.07) is 12.5. The molecule has 0 radical (unpaired) electrons. The van der Waals surface area contributed by atoms with Crippen molar-refractivity contribution < 1.29 is 26.4 Å². The number of carbonyl (C=O) groups is 2. The lowest BCUT2D eigenvalue weighted by molar-refractivity contribution is -0.155. The summed E-state index contributed by atoms with van der Waals surface area (Å²) < 4.78 is 40.6. The number of halogens is 3. The van der Waals surface area contributed by atoms with Crippen LogP contribution in [0.15, 0.2) is 59.6 Å². The fourth-order valence-electron chi connectivity index (χ4n) is 5.37. The van der Waals surface area contributed by atoms with Gasteiger partial charge < -0.3 is 15.0 Å². The molecule has 3 aromatic rings. The molecular formula is C24H23F3N2O3S. The Bertz CT molecular complexity index is 1220. The number of aromatic nitrogens is 1. The molecule has 2 N–H and O–H groups in total. The van der Waals surface area contributed by atoms with Crippen molar-refractivity contribution in [3.63, 3.8) is 0 Å². The summed E-state index contributed by atoms with van der Waals surface area (Å²) in [6.07, 6.45) is 4.80. The van der Waals surface area contributed by atoms with Crippen molar-refractivity contribution in [1.29, 1.82) is 0 Å². The summed E-state index contributed by atoms with van der Waals surface area (Å²) in [5.74, 6) is -1.19. The average Bonchev–Trinajstić information content (AvgIpc) is 3.11. The smallest absolute Gasteiger partial charge is 0.306 e. The quantitative estimate of drug-likeness (QED) is 0.467. The minimum Gasteiger partial charge on any atom is -0.481 e. The van der Waals surface area contributed by atoms with Crippen molar-refractivity contribution >= 4 is 34.0 Å². The summed E-state index contributed by atoms with van der Waals surface area (Å²) in [5.41, 5.74) is 2.04. The molecule has 5 nitrogen and oxygen atoms in total. The molecule has 0 unspecified atom stereocenters. The van der Waals surface area contributed by atoms with Crippen molar-refractivity contribution in [1.82, 2.24) is 9.88 Å². The van der Waals surface area contributed by atoms with Gasteiger partial charge >= 0.3 is 5.97 Å². The van der Waals surface area contributed by atoms with Crippen LogP contribution in [-0.2, 0) is 11.3 Å². The maximum atomic E-state index is 13.1. The first-order chi connectivity index (χ1) is 15.6. The zero-order valence-electron chi connectivity index (χ0n) is 17.6. The molecule has 1 spiro atoms. The molecule has 1 aromatic heterocycles. The Hall–Kier alpha value is -2.94. The van der Waals surface area contributed by atoms with Crippen LogP contribution in [0.1, 0.15) is 41.6 Å². The lowest BCUT2D eigenvalue weighted by Crippen LogP contribution is -2.57. The third-order valence-electron chi connectivity index (χ3n) is 6.98. The fourth-order valence-corrected chi connectivity index (χ4v) is 5.81. The third kappa shape index (κ3) is 4.10. The Morgan fingerprint density at radius 1 is 1.03 bits per heavy atom. The van der Waals surface area contributed by atoms with Gasteiger partial charge in [-0.15, -0.1) is 11.7 Å². The molecule has 9 heteroatoms. The second-order valence-corrected chi connectivity index (χ2v) is 10.5. The van der Waals surface area contributed by atoms with Gasteiger partial charge in [-0.2, -0.15) is 0 Å². The van der Waals surface area contributed by atoms with Crippen LogP contribution in [0.5, 0.6) is 0 Å². The minimum absolute atomic E-state index is 0.0309. The van der Waals surface area contributed by atoms with E-state index in [1.54, 1.807) is 6.07 Å². The van der Waals surface area contributed by atoms with E-state index in [1.807, 2.05) is 29.0 Å². The van der Waals surface area contributed by atoms with Crippen molar-refractivity contribution in [2.45, 2.75) is 43.2 Å². The van der Waals surface area contributed by atoms with E-state index in [-0.39, 0.29) is 23.3 Å². The Balaban J connectivity index is 1.30. The maximum absolute atomic E-state index is 13.1. The van der Waals surface area contributed by atoms with Crippen molar-refractivity contribution in [2.75, 3.05) is 0 Å². The summed E-state index contributed by atoms with van der Waals surface area (Å²) in [4.78, 5) is 23.5. The predicted molar refractivity (Wildman–Crippen MR) is 120 cm³/mol. The molecule has 0 saturated heterocycles. The van der Waals surface area contributed by atoms with Gasteiger partial charge in [-0.1, -0.05) is 24.3 Å². The minimum atomic E-state index is -5.25. The standard InChI is InChI=1S/C24H23F3N2O3S/c25-33(26,27)19-6-4-15(5-7-19)14-29-9-8-16-2-1-3-20(21(16)29)22(30)28-18-12-24(13-18)10-17(11-24)23(31)32/h1-9,17-18H,10-14H2,(H,28,30)(H,31,32). The van der Waals surface area contributed by atoms with Gasteiger partial charge in [0, 0.05) is 24.2 Å². The number of carboxylic acids is 1. The van der Waals surface area contributed by atoms with Crippen LogP contribution in [0.25, 0.3) is 10.9 Å². The zero-order chi connectivity index (χ0) is 23.4. The zero-order valence-corrected chi connectivity index (χ0v) is 18.5. The van der Waals surface area contributed by atoms with Gasteiger partial charge in [0.15, 0.2) is 0 Å². The highest BCUT2D eigenvalue weighted by molar-refractivity contribution is 8.20. The molecule has 174 valence electrons. The number of para-hydroxylation sites is 1. The van der Waals surface area contributed by atoms with Crippen molar-refractivity contribution in [2.24, 2.45) is 11.3 Å². The molecule has 5 rings (SSSR count).